The van der Waals surface area contributed by atoms with Gasteiger partial charge in [-0.25, -0.2) is 0 Å². The molecule has 0 heterocycles. The molecular weight excluding hydrogens is 369 g/mol. The fourth-order valence-electron chi connectivity index (χ4n) is 1.70. The highest BCUT2D eigenvalue weighted by Crippen LogP contribution is 2.44. The van der Waals surface area contributed by atoms with Crippen molar-refractivity contribution in [1.29, 1.82) is 0 Å². The van der Waals surface area contributed by atoms with Gasteiger partial charge in [0, 0.05) is 17.0 Å². The van der Waals surface area contributed by atoms with Crippen molar-refractivity contribution in [3.8, 4) is 11.5 Å². The zero-order valence-electron chi connectivity index (χ0n) is 11.3. The molecule has 2 aromatic rings. The maximum Gasteiger partial charge on any atom is 0.269 e. The largest absolute Gasteiger partial charge is 0.457 e. The fraction of sp³-hybridized carbons (Fsp3) is 0.143. The van der Waals surface area contributed by atoms with E-state index in [4.69, 9.17) is 39.5 Å². The van der Waals surface area contributed by atoms with E-state index < -0.39 is 8.05 Å². The second-order valence-electron chi connectivity index (χ2n) is 4.33. The number of hydrogen-bond donors (Lipinski definition) is 0. The summed E-state index contributed by atoms with van der Waals surface area (Å²) < 4.78 is 4.28. The SMILES string of the molecule is Cc1cc([N+](=O)[O-])ccc1Oc1ccc(SC(Cl)(Cl)Cl)cc1. The van der Waals surface area contributed by atoms with Crippen molar-refractivity contribution in [2.75, 3.05) is 0 Å². The number of thioether (sulfide) groups is 1. The quantitative estimate of drug-likeness (QED) is 0.278. The van der Waals surface area contributed by atoms with E-state index in [-0.39, 0.29) is 5.69 Å². The molecule has 0 amide bonds. The molecule has 22 heavy (non-hydrogen) atoms. The third-order valence-corrected chi connectivity index (χ3v) is 4.09. The number of alkyl halides is 3. The zero-order chi connectivity index (χ0) is 16.3. The third-order valence-electron chi connectivity index (χ3n) is 2.65. The summed E-state index contributed by atoms with van der Waals surface area (Å²) in [5.41, 5.74) is 0.702. The lowest BCUT2D eigenvalue weighted by Crippen LogP contribution is -1.93. The van der Waals surface area contributed by atoms with Crippen LogP contribution in [0.15, 0.2) is 47.4 Å². The summed E-state index contributed by atoms with van der Waals surface area (Å²) in [5.74, 6) is 1.14. The maximum absolute atomic E-state index is 10.7. The van der Waals surface area contributed by atoms with E-state index in [1.54, 1.807) is 37.3 Å². The van der Waals surface area contributed by atoms with E-state index in [2.05, 4.69) is 0 Å². The Kier molecular flexibility index (Phi) is 5.45. The Morgan fingerprint density at radius 2 is 1.77 bits per heavy atom. The number of halogens is 3. The van der Waals surface area contributed by atoms with Crippen molar-refractivity contribution in [3.05, 3.63) is 58.1 Å². The molecule has 2 rings (SSSR count). The van der Waals surface area contributed by atoms with Crippen LogP contribution in [0, 0.1) is 17.0 Å². The Morgan fingerprint density at radius 1 is 1.14 bits per heavy atom. The second-order valence-corrected chi connectivity index (χ2v) is 8.57. The number of nitro groups is 1. The minimum absolute atomic E-state index is 0.0271. The molecular formula is C14H10Cl3NO3S. The first-order valence-electron chi connectivity index (χ1n) is 6.03. The van der Waals surface area contributed by atoms with E-state index >= 15 is 0 Å². The van der Waals surface area contributed by atoms with Crippen molar-refractivity contribution in [1.82, 2.24) is 0 Å². The molecule has 2 aromatic carbocycles. The predicted octanol–water partition coefficient (Wildman–Crippen LogP) is 6.12. The number of ether oxygens (including phenoxy) is 1. The van der Waals surface area contributed by atoms with Gasteiger partial charge in [0.15, 0.2) is 0 Å². The van der Waals surface area contributed by atoms with E-state index in [1.807, 2.05) is 0 Å². The number of benzene rings is 2. The molecule has 8 heteroatoms. The van der Waals surface area contributed by atoms with Gasteiger partial charge in [-0.3, -0.25) is 10.1 Å². The number of hydrogen-bond acceptors (Lipinski definition) is 4. The van der Waals surface area contributed by atoms with Gasteiger partial charge in [0.25, 0.3) is 5.69 Å². The van der Waals surface area contributed by atoms with Gasteiger partial charge in [-0.05, 0) is 42.8 Å². The number of nitrogens with zero attached hydrogens (tertiary/aromatic N) is 1. The maximum atomic E-state index is 10.7. The predicted molar refractivity (Wildman–Crippen MR) is 90.5 cm³/mol. The van der Waals surface area contributed by atoms with Crippen LogP contribution < -0.4 is 4.74 Å². The minimum atomic E-state index is -1.42. The van der Waals surface area contributed by atoms with Gasteiger partial charge < -0.3 is 4.74 Å². The van der Waals surface area contributed by atoms with Crippen LogP contribution in [0.1, 0.15) is 5.56 Å². The first-order chi connectivity index (χ1) is 10.2. The fourth-order valence-corrected chi connectivity index (χ4v) is 3.04. The topological polar surface area (TPSA) is 52.4 Å². The van der Waals surface area contributed by atoms with E-state index in [9.17, 15) is 10.1 Å². The summed E-state index contributed by atoms with van der Waals surface area (Å²) in [7, 11) is 0. The number of nitro benzene ring substituents is 1. The molecule has 0 unspecified atom stereocenters. The summed E-state index contributed by atoms with van der Waals surface area (Å²) >= 11 is 18.2. The number of non-ortho nitro benzene ring substituents is 1. The zero-order valence-corrected chi connectivity index (χ0v) is 14.3. The van der Waals surface area contributed by atoms with Crippen LogP contribution in [-0.2, 0) is 0 Å². The first kappa shape index (κ1) is 17.2. The summed E-state index contributed by atoms with van der Waals surface area (Å²) in [5, 5.41) is 10.7. The third kappa shape index (κ3) is 4.95. The molecule has 0 fully saturated rings. The molecule has 0 aliphatic rings. The standard InChI is InChI=1S/C14H10Cl3NO3S/c1-9-8-10(18(19)20)2-7-13(9)21-11-3-5-12(6-4-11)22-14(15,16)17/h2-8H,1H3. The van der Waals surface area contributed by atoms with Crippen LogP contribution >= 0.6 is 46.6 Å². The van der Waals surface area contributed by atoms with Crippen LogP contribution in [0.25, 0.3) is 0 Å². The summed E-state index contributed by atoms with van der Waals surface area (Å²) in [6.45, 7) is 1.75. The van der Waals surface area contributed by atoms with Gasteiger partial charge in [-0.1, -0.05) is 46.6 Å². The van der Waals surface area contributed by atoms with Crippen molar-refractivity contribution in [3.63, 3.8) is 0 Å². The van der Waals surface area contributed by atoms with Crippen LogP contribution in [0.5, 0.6) is 11.5 Å². The molecule has 0 spiro atoms. The summed E-state index contributed by atoms with van der Waals surface area (Å²) in [4.78, 5) is 11.0. The summed E-state index contributed by atoms with van der Waals surface area (Å²) in [6, 6.07) is 11.4. The van der Waals surface area contributed by atoms with Crippen LogP contribution in [0.4, 0.5) is 5.69 Å². The minimum Gasteiger partial charge on any atom is -0.457 e. The Bertz CT molecular complexity index is 687. The van der Waals surface area contributed by atoms with Gasteiger partial charge in [0.05, 0.1) is 4.92 Å². The molecule has 0 aliphatic heterocycles. The number of aryl methyl sites for hydroxylation is 1. The smallest absolute Gasteiger partial charge is 0.269 e. The lowest BCUT2D eigenvalue weighted by Gasteiger charge is -2.11. The highest BCUT2D eigenvalue weighted by molar-refractivity contribution is 8.04. The Labute approximate surface area is 146 Å². The second kappa shape index (κ2) is 6.96. The Morgan fingerprint density at radius 3 is 2.27 bits per heavy atom. The highest BCUT2D eigenvalue weighted by atomic mass is 35.6. The average Bonchev–Trinajstić information content (AvgIpc) is 2.41. The molecule has 0 saturated heterocycles. The molecule has 0 saturated carbocycles. The van der Waals surface area contributed by atoms with Gasteiger partial charge in [0.2, 0.25) is 3.12 Å². The molecule has 0 aromatic heterocycles. The highest BCUT2D eigenvalue weighted by Gasteiger charge is 2.21. The van der Waals surface area contributed by atoms with Crippen molar-refractivity contribution in [2.24, 2.45) is 0 Å². The lowest BCUT2D eigenvalue weighted by atomic mass is 10.2. The normalized spacial score (nSPS) is 11.3. The van der Waals surface area contributed by atoms with Crippen molar-refractivity contribution >= 4 is 52.3 Å². The van der Waals surface area contributed by atoms with Crippen LogP contribution in [-0.4, -0.2) is 8.05 Å². The monoisotopic (exact) mass is 377 g/mol. The molecule has 116 valence electrons. The average molecular weight is 379 g/mol. The number of rotatable bonds is 4. The molecule has 0 aliphatic carbocycles. The molecule has 0 bridgehead atoms. The first-order valence-corrected chi connectivity index (χ1v) is 7.98. The Hall–Kier alpha value is -1.14. The van der Waals surface area contributed by atoms with E-state index in [1.165, 1.54) is 12.1 Å². The van der Waals surface area contributed by atoms with Crippen LogP contribution in [0.3, 0.4) is 0 Å². The lowest BCUT2D eigenvalue weighted by molar-refractivity contribution is -0.384. The van der Waals surface area contributed by atoms with Gasteiger partial charge >= 0.3 is 0 Å². The van der Waals surface area contributed by atoms with Crippen LogP contribution in [0.2, 0.25) is 0 Å². The van der Waals surface area contributed by atoms with Crippen molar-refractivity contribution < 1.29 is 9.66 Å². The molecule has 0 atom stereocenters. The van der Waals surface area contributed by atoms with Gasteiger partial charge in [0.1, 0.15) is 11.5 Å². The van der Waals surface area contributed by atoms with Gasteiger partial charge in [-0.15, -0.1) is 0 Å². The van der Waals surface area contributed by atoms with Gasteiger partial charge in [-0.2, -0.15) is 0 Å². The van der Waals surface area contributed by atoms with E-state index in [0.29, 0.717) is 17.1 Å². The molecule has 0 radical (unpaired) electrons. The Balaban J connectivity index is 2.12. The van der Waals surface area contributed by atoms with E-state index in [0.717, 1.165) is 16.7 Å². The molecule has 0 N–H and O–H groups in total. The molecule has 4 nitrogen and oxygen atoms in total. The van der Waals surface area contributed by atoms with Crippen molar-refractivity contribution in [2.45, 2.75) is 14.9 Å². The summed E-state index contributed by atoms with van der Waals surface area (Å²) in [6.07, 6.45) is 0.